The van der Waals surface area contributed by atoms with Gasteiger partial charge >= 0.3 is 6.36 Å². The SMILES string of the molecule is NC(=NCCNC(=O)c1cccc(Br)c1)Nc1ccccc1OC(F)(F)F. The molecule has 27 heavy (non-hydrogen) atoms. The third-order valence-corrected chi connectivity index (χ3v) is 3.64. The van der Waals surface area contributed by atoms with E-state index in [0.717, 1.165) is 10.5 Å². The van der Waals surface area contributed by atoms with Crippen LogP contribution in [-0.2, 0) is 0 Å². The molecule has 0 atom stereocenters. The quantitative estimate of drug-likeness (QED) is 0.361. The lowest BCUT2D eigenvalue weighted by Crippen LogP contribution is -2.28. The van der Waals surface area contributed by atoms with Crippen molar-refractivity contribution in [2.24, 2.45) is 10.7 Å². The highest BCUT2D eigenvalue weighted by Gasteiger charge is 2.32. The molecule has 0 radical (unpaired) electrons. The Labute approximate surface area is 161 Å². The standard InChI is InChI=1S/C17H16BrF3N4O2/c18-12-5-3-4-11(10-12)15(26)23-8-9-24-16(22)25-13-6-1-2-7-14(13)27-17(19,20)21/h1-7,10H,8-9H2,(H,23,26)(H3,22,24,25). The molecule has 0 aromatic heterocycles. The largest absolute Gasteiger partial charge is 0.573 e. The van der Waals surface area contributed by atoms with Crippen LogP contribution >= 0.6 is 15.9 Å². The Morgan fingerprint density at radius 3 is 2.63 bits per heavy atom. The van der Waals surface area contributed by atoms with Crippen molar-refractivity contribution >= 4 is 33.5 Å². The van der Waals surface area contributed by atoms with Crippen molar-refractivity contribution in [1.82, 2.24) is 5.32 Å². The zero-order valence-electron chi connectivity index (χ0n) is 13.9. The van der Waals surface area contributed by atoms with E-state index in [-0.39, 0.29) is 30.6 Å². The van der Waals surface area contributed by atoms with Crippen LogP contribution in [0.4, 0.5) is 18.9 Å². The average molecular weight is 445 g/mol. The molecule has 2 aromatic carbocycles. The normalized spacial score (nSPS) is 11.8. The number of hydrogen-bond donors (Lipinski definition) is 3. The van der Waals surface area contributed by atoms with E-state index in [0.29, 0.717) is 5.56 Å². The number of nitrogens with zero attached hydrogens (tertiary/aromatic N) is 1. The van der Waals surface area contributed by atoms with Crippen LogP contribution in [-0.4, -0.2) is 31.3 Å². The zero-order chi connectivity index (χ0) is 19.9. The maximum Gasteiger partial charge on any atom is 0.573 e. The molecule has 4 N–H and O–H groups in total. The predicted molar refractivity (Wildman–Crippen MR) is 99.7 cm³/mol. The minimum absolute atomic E-state index is 0.0225. The molecule has 0 saturated carbocycles. The molecule has 0 aliphatic heterocycles. The third-order valence-electron chi connectivity index (χ3n) is 3.14. The first-order valence-corrected chi connectivity index (χ1v) is 8.49. The molecule has 0 unspecified atom stereocenters. The summed E-state index contributed by atoms with van der Waals surface area (Å²) in [6, 6.07) is 12.3. The molecule has 144 valence electrons. The van der Waals surface area contributed by atoms with Gasteiger partial charge in [0.15, 0.2) is 11.7 Å². The van der Waals surface area contributed by atoms with E-state index in [1.165, 1.54) is 18.2 Å². The molecular weight excluding hydrogens is 429 g/mol. The van der Waals surface area contributed by atoms with Gasteiger partial charge in [-0.2, -0.15) is 0 Å². The number of aliphatic imine (C=N–C) groups is 1. The van der Waals surface area contributed by atoms with Crippen LogP contribution in [0.25, 0.3) is 0 Å². The molecule has 0 spiro atoms. The second-order valence-corrected chi connectivity index (χ2v) is 6.12. The fraction of sp³-hybridized carbons (Fsp3) is 0.176. The van der Waals surface area contributed by atoms with Crippen molar-refractivity contribution in [3.8, 4) is 5.75 Å². The molecule has 0 fully saturated rings. The smallest absolute Gasteiger partial charge is 0.404 e. The monoisotopic (exact) mass is 444 g/mol. The van der Waals surface area contributed by atoms with Crippen LogP contribution in [0.2, 0.25) is 0 Å². The molecule has 0 saturated heterocycles. The van der Waals surface area contributed by atoms with E-state index in [2.05, 4.69) is 36.3 Å². The van der Waals surface area contributed by atoms with Gasteiger partial charge in [-0.15, -0.1) is 13.2 Å². The maximum absolute atomic E-state index is 12.4. The fourth-order valence-corrected chi connectivity index (χ4v) is 2.44. The topological polar surface area (TPSA) is 88.7 Å². The Morgan fingerprint density at radius 2 is 1.93 bits per heavy atom. The highest BCUT2D eigenvalue weighted by Crippen LogP contribution is 2.29. The summed E-state index contributed by atoms with van der Waals surface area (Å²) in [5.74, 6) is -0.807. The lowest BCUT2D eigenvalue weighted by Gasteiger charge is -2.14. The molecule has 0 aliphatic carbocycles. The maximum atomic E-state index is 12.4. The third kappa shape index (κ3) is 7.18. The van der Waals surface area contributed by atoms with E-state index in [1.807, 2.05) is 0 Å². The van der Waals surface area contributed by atoms with E-state index in [4.69, 9.17) is 5.73 Å². The predicted octanol–water partition coefficient (Wildman–Crippen LogP) is 3.50. The minimum Gasteiger partial charge on any atom is -0.404 e. The second kappa shape index (κ2) is 9.26. The molecule has 6 nitrogen and oxygen atoms in total. The van der Waals surface area contributed by atoms with Gasteiger partial charge in [-0.3, -0.25) is 9.79 Å². The van der Waals surface area contributed by atoms with Crippen molar-refractivity contribution in [1.29, 1.82) is 0 Å². The zero-order valence-corrected chi connectivity index (χ0v) is 15.5. The number of halogens is 4. The number of para-hydroxylation sites is 2. The van der Waals surface area contributed by atoms with Crippen LogP contribution in [0, 0.1) is 0 Å². The molecule has 2 rings (SSSR count). The number of anilines is 1. The van der Waals surface area contributed by atoms with E-state index in [1.54, 1.807) is 24.3 Å². The molecule has 0 aliphatic rings. The Hall–Kier alpha value is -2.75. The van der Waals surface area contributed by atoms with Crippen LogP contribution in [0.3, 0.4) is 0 Å². The Balaban J connectivity index is 1.87. The second-order valence-electron chi connectivity index (χ2n) is 5.20. The number of carbonyl (C=O) groups is 1. The van der Waals surface area contributed by atoms with Gasteiger partial charge < -0.3 is 21.1 Å². The molecule has 0 bridgehead atoms. The summed E-state index contributed by atoms with van der Waals surface area (Å²) in [7, 11) is 0. The number of ether oxygens (including phenoxy) is 1. The number of nitrogens with one attached hydrogen (secondary N) is 2. The summed E-state index contributed by atoms with van der Waals surface area (Å²) in [5, 5.41) is 5.21. The number of nitrogens with two attached hydrogens (primary N) is 1. The Kier molecular flexibility index (Phi) is 7.05. The van der Waals surface area contributed by atoms with Gasteiger partial charge in [-0.05, 0) is 30.3 Å². The van der Waals surface area contributed by atoms with Crippen molar-refractivity contribution in [2.75, 3.05) is 18.4 Å². The van der Waals surface area contributed by atoms with Crippen molar-refractivity contribution in [3.05, 3.63) is 58.6 Å². The molecule has 10 heteroatoms. The average Bonchev–Trinajstić information content (AvgIpc) is 2.59. The van der Waals surface area contributed by atoms with Gasteiger partial charge in [0.05, 0.1) is 12.2 Å². The van der Waals surface area contributed by atoms with Crippen LogP contribution < -0.4 is 21.1 Å². The highest BCUT2D eigenvalue weighted by molar-refractivity contribution is 9.10. The highest BCUT2D eigenvalue weighted by atomic mass is 79.9. The van der Waals surface area contributed by atoms with Crippen LogP contribution in [0.1, 0.15) is 10.4 Å². The number of carbonyl (C=O) groups excluding carboxylic acids is 1. The van der Waals surface area contributed by atoms with E-state index >= 15 is 0 Å². The van der Waals surface area contributed by atoms with Crippen LogP contribution in [0.5, 0.6) is 5.75 Å². The van der Waals surface area contributed by atoms with Gasteiger partial charge in [0, 0.05) is 16.6 Å². The van der Waals surface area contributed by atoms with E-state index in [9.17, 15) is 18.0 Å². The van der Waals surface area contributed by atoms with Crippen LogP contribution in [0.15, 0.2) is 58.0 Å². The molecule has 0 heterocycles. The lowest BCUT2D eigenvalue weighted by atomic mass is 10.2. The fourth-order valence-electron chi connectivity index (χ4n) is 2.04. The summed E-state index contributed by atoms with van der Waals surface area (Å²) in [5.41, 5.74) is 6.18. The molecule has 1 amide bonds. The van der Waals surface area contributed by atoms with Crippen molar-refractivity contribution in [2.45, 2.75) is 6.36 Å². The van der Waals surface area contributed by atoms with Gasteiger partial charge in [-0.25, -0.2) is 0 Å². The summed E-state index contributed by atoms with van der Waals surface area (Å²) in [6.07, 6.45) is -4.82. The molecular formula is C17H16BrF3N4O2. The van der Waals surface area contributed by atoms with E-state index < -0.39 is 12.1 Å². The number of guanidine groups is 1. The van der Waals surface area contributed by atoms with Gasteiger partial charge in [0.1, 0.15) is 0 Å². The number of rotatable bonds is 6. The summed E-state index contributed by atoms with van der Waals surface area (Å²) >= 11 is 3.28. The molecule has 2 aromatic rings. The van der Waals surface area contributed by atoms with Gasteiger partial charge in [-0.1, -0.05) is 34.1 Å². The first kappa shape index (κ1) is 20.6. The Bertz CT molecular complexity index is 828. The van der Waals surface area contributed by atoms with Crippen molar-refractivity contribution in [3.63, 3.8) is 0 Å². The van der Waals surface area contributed by atoms with Crippen molar-refractivity contribution < 1.29 is 22.7 Å². The number of hydrogen-bond acceptors (Lipinski definition) is 3. The first-order valence-electron chi connectivity index (χ1n) is 7.70. The number of alkyl halides is 3. The first-order chi connectivity index (χ1) is 12.7. The number of benzene rings is 2. The summed E-state index contributed by atoms with van der Waals surface area (Å²) in [4.78, 5) is 15.9. The van der Waals surface area contributed by atoms with Gasteiger partial charge in [0.2, 0.25) is 0 Å². The Morgan fingerprint density at radius 1 is 1.19 bits per heavy atom. The minimum atomic E-state index is -4.82. The number of amides is 1. The summed E-state index contributed by atoms with van der Waals surface area (Å²) < 4.78 is 41.9. The summed E-state index contributed by atoms with van der Waals surface area (Å²) in [6.45, 7) is 0.343. The van der Waals surface area contributed by atoms with Gasteiger partial charge in [0.25, 0.3) is 5.91 Å². The lowest BCUT2D eigenvalue weighted by molar-refractivity contribution is -0.274.